The van der Waals surface area contributed by atoms with Crippen LogP contribution in [-0.4, -0.2) is 24.9 Å². The van der Waals surface area contributed by atoms with Crippen molar-refractivity contribution in [3.8, 4) is 0 Å². The Bertz CT molecular complexity index is 225. The molecule has 2 rings (SSSR count). The van der Waals surface area contributed by atoms with Crippen LogP contribution in [0.3, 0.4) is 0 Å². The Morgan fingerprint density at radius 1 is 1.07 bits per heavy atom. The van der Waals surface area contributed by atoms with Crippen LogP contribution in [0.4, 0.5) is 13.2 Å². The molecule has 2 fully saturated rings. The molecule has 1 aliphatic carbocycles. The van der Waals surface area contributed by atoms with Crippen molar-refractivity contribution in [2.75, 3.05) is 13.2 Å². The van der Waals surface area contributed by atoms with E-state index in [1.165, 1.54) is 0 Å². The van der Waals surface area contributed by atoms with E-state index in [1.54, 1.807) is 0 Å². The maximum Gasteiger partial charge on any atom is 0.406 e. The number of halogens is 3. The van der Waals surface area contributed by atoms with Gasteiger partial charge in [0.15, 0.2) is 0 Å². The Balaban J connectivity index is 2.00. The van der Waals surface area contributed by atoms with Gasteiger partial charge in [-0.05, 0) is 31.1 Å². The standard InChI is InChI=1S/C9H14F3NO/c10-9(11,12)8(13)5-7(6-8)1-3-14-4-2-7/h1-6,13H2. The number of ether oxygens (including phenoxy) is 1. The van der Waals surface area contributed by atoms with Crippen molar-refractivity contribution in [1.29, 1.82) is 0 Å². The lowest BCUT2D eigenvalue weighted by Crippen LogP contribution is -2.67. The molecule has 1 heterocycles. The fourth-order valence-electron chi connectivity index (χ4n) is 2.64. The number of hydrogen-bond donors (Lipinski definition) is 1. The average Bonchev–Trinajstić information content (AvgIpc) is 2.01. The van der Waals surface area contributed by atoms with Gasteiger partial charge in [-0.15, -0.1) is 0 Å². The largest absolute Gasteiger partial charge is 0.406 e. The molecule has 0 amide bonds. The summed E-state index contributed by atoms with van der Waals surface area (Å²) in [4.78, 5) is 0. The minimum atomic E-state index is -4.25. The Hall–Kier alpha value is -0.290. The van der Waals surface area contributed by atoms with Crippen LogP contribution in [0.15, 0.2) is 0 Å². The molecule has 0 bridgehead atoms. The number of hydrogen-bond acceptors (Lipinski definition) is 2. The minimum absolute atomic E-state index is 0.0762. The van der Waals surface area contributed by atoms with Gasteiger partial charge in [0.05, 0.1) is 0 Å². The van der Waals surface area contributed by atoms with Gasteiger partial charge >= 0.3 is 6.18 Å². The second-order valence-corrected chi connectivity index (χ2v) is 4.62. The Labute approximate surface area is 80.6 Å². The summed E-state index contributed by atoms with van der Waals surface area (Å²) in [6.07, 6.45) is -2.65. The van der Waals surface area contributed by atoms with E-state index < -0.39 is 11.7 Å². The van der Waals surface area contributed by atoms with Crippen molar-refractivity contribution < 1.29 is 17.9 Å². The van der Waals surface area contributed by atoms with Crippen LogP contribution in [0.1, 0.15) is 25.7 Å². The van der Waals surface area contributed by atoms with Crippen LogP contribution in [0.2, 0.25) is 0 Å². The highest BCUT2D eigenvalue weighted by Crippen LogP contribution is 2.58. The summed E-state index contributed by atoms with van der Waals surface area (Å²) in [6.45, 7) is 1.15. The fraction of sp³-hybridized carbons (Fsp3) is 1.00. The molecule has 0 radical (unpaired) electrons. The predicted octanol–water partition coefficient (Wildman–Crippen LogP) is 1.84. The first kappa shape index (κ1) is 10.2. The summed E-state index contributed by atoms with van der Waals surface area (Å²) >= 11 is 0. The molecular weight excluding hydrogens is 195 g/mol. The maximum atomic E-state index is 12.5. The van der Waals surface area contributed by atoms with Gasteiger partial charge in [-0.25, -0.2) is 0 Å². The molecule has 2 nitrogen and oxygen atoms in total. The molecule has 2 aliphatic rings. The van der Waals surface area contributed by atoms with Crippen LogP contribution in [0.5, 0.6) is 0 Å². The second-order valence-electron chi connectivity index (χ2n) is 4.62. The van der Waals surface area contributed by atoms with Gasteiger partial charge in [0, 0.05) is 13.2 Å². The van der Waals surface area contributed by atoms with E-state index in [-0.39, 0.29) is 18.3 Å². The molecule has 0 unspecified atom stereocenters. The van der Waals surface area contributed by atoms with Crippen LogP contribution >= 0.6 is 0 Å². The molecule has 1 saturated heterocycles. The van der Waals surface area contributed by atoms with Gasteiger partial charge in [0.2, 0.25) is 0 Å². The highest BCUT2D eigenvalue weighted by molar-refractivity contribution is 5.11. The molecule has 5 heteroatoms. The Morgan fingerprint density at radius 3 is 2.00 bits per heavy atom. The third-order valence-electron chi connectivity index (χ3n) is 3.50. The van der Waals surface area contributed by atoms with Crippen molar-refractivity contribution in [2.45, 2.75) is 37.4 Å². The summed E-state index contributed by atoms with van der Waals surface area (Å²) in [5, 5.41) is 0. The smallest absolute Gasteiger partial charge is 0.381 e. The van der Waals surface area contributed by atoms with E-state index >= 15 is 0 Å². The van der Waals surface area contributed by atoms with Crippen LogP contribution in [-0.2, 0) is 4.74 Å². The zero-order valence-electron chi connectivity index (χ0n) is 7.86. The normalized spacial score (nSPS) is 30.0. The maximum absolute atomic E-state index is 12.5. The number of rotatable bonds is 0. The number of alkyl halides is 3. The van der Waals surface area contributed by atoms with E-state index in [0.29, 0.717) is 13.2 Å². The molecular formula is C9H14F3NO. The van der Waals surface area contributed by atoms with E-state index in [0.717, 1.165) is 12.8 Å². The van der Waals surface area contributed by atoms with E-state index in [2.05, 4.69) is 0 Å². The molecule has 82 valence electrons. The van der Waals surface area contributed by atoms with Gasteiger partial charge in [-0.3, -0.25) is 0 Å². The van der Waals surface area contributed by atoms with E-state index in [1.807, 2.05) is 0 Å². The zero-order valence-corrected chi connectivity index (χ0v) is 7.86. The van der Waals surface area contributed by atoms with Gasteiger partial charge in [0.25, 0.3) is 0 Å². The molecule has 1 aliphatic heterocycles. The second kappa shape index (κ2) is 2.85. The van der Waals surface area contributed by atoms with Crippen molar-refractivity contribution in [1.82, 2.24) is 0 Å². The lowest BCUT2D eigenvalue weighted by Gasteiger charge is -2.56. The summed E-state index contributed by atoms with van der Waals surface area (Å²) in [6, 6.07) is 0. The molecule has 0 aromatic carbocycles. The molecule has 0 aromatic heterocycles. The topological polar surface area (TPSA) is 35.2 Å². The van der Waals surface area contributed by atoms with Crippen LogP contribution < -0.4 is 5.73 Å². The quantitative estimate of drug-likeness (QED) is 0.660. The third-order valence-corrected chi connectivity index (χ3v) is 3.50. The first-order valence-electron chi connectivity index (χ1n) is 4.80. The molecule has 1 saturated carbocycles. The van der Waals surface area contributed by atoms with Crippen molar-refractivity contribution in [3.05, 3.63) is 0 Å². The molecule has 1 spiro atoms. The lowest BCUT2D eigenvalue weighted by molar-refractivity contribution is -0.244. The van der Waals surface area contributed by atoms with Crippen LogP contribution in [0, 0.1) is 5.41 Å². The highest BCUT2D eigenvalue weighted by atomic mass is 19.4. The summed E-state index contributed by atoms with van der Waals surface area (Å²) in [5.41, 5.74) is 3.22. The van der Waals surface area contributed by atoms with Gasteiger partial charge in [-0.2, -0.15) is 13.2 Å². The highest BCUT2D eigenvalue weighted by Gasteiger charge is 2.65. The summed E-state index contributed by atoms with van der Waals surface area (Å²) in [7, 11) is 0. The fourth-order valence-corrected chi connectivity index (χ4v) is 2.64. The zero-order chi connectivity index (χ0) is 10.4. The van der Waals surface area contributed by atoms with Crippen molar-refractivity contribution in [2.24, 2.45) is 11.1 Å². The van der Waals surface area contributed by atoms with Gasteiger partial charge in [0.1, 0.15) is 5.54 Å². The predicted molar refractivity (Wildman–Crippen MR) is 44.7 cm³/mol. The Morgan fingerprint density at radius 2 is 1.57 bits per heavy atom. The first-order valence-corrected chi connectivity index (χ1v) is 4.80. The van der Waals surface area contributed by atoms with Crippen molar-refractivity contribution in [3.63, 3.8) is 0 Å². The monoisotopic (exact) mass is 209 g/mol. The molecule has 0 aromatic rings. The minimum Gasteiger partial charge on any atom is -0.381 e. The Kier molecular flexibility index (Phi) is 2.09. The molecule has 2 N–H and O–H groups in total. The van der Waals surface area contributed by atoms with E-state index in [4.69, 9.17) is 10.5 Å². The third kappa shape index (κ3) is 1.42. The number of nitrogens with two attached hydrogens (primary N) is 1. The first-order chi connectivity index (χ1) is 6.37. The van der Waals surface area contributed by atoms with Gasteiger partial charge in [-0.1, -0.05) is 0 Å². The molecule has 14 heavy (non-hydrogen) atoms. The summed E-state index contributed by atoms with van der Waals surface area (Å²) < 4.78 is 42.5. The SMILES string of the molecule is NC1(C(F)(F)F)CC2(CCOCC2)C1. The van der Waals surface area contributed by atoms with Crippen LogP contribution in [0.25, 0.3) is 0 Å². The summed E-state index contributed by atoms with van der Waals surface area (Å²) in [5.74, 6) is 0. The van der Waals surface area contributed by atoms with E-state index in [9.17, 15) is 13.2 Å². The van der Waals surface area contributed by atoms with Gasteiger partial charge < -0.3 is 10.5 Å². The molecule has 0 atom stereocenters. The average molecular weight is 209 g/mol. The van der Waals surface area contributed by atoms with Crippen molar-refractivity contribution >= 4 is 0 Å². The lowest BCUT2D eigenvalue weighted by atomic mass is 9.54.